The van der Waals surface area contributed by atoms with Crippen molar-refractivity contribution in [1.82, 2.24) is 0 Å². The lowest BCUT2D eigenvalue weighted by atomic mass is 9.90. The van der Waals surface area contributed by atoms with Crippen LogP contribution < -0.4 is 0 Å². The molecule has 1 atom stereocenters. The summed E-state index contributed by atoms with van der Waals surface area (Å²) in [5.41, 5.74) is 1.27. The monoisotopic (exact) mass is 154 g/mol. The molecule has 0 saturated carbocycles. The van der Waals surface area contributed by atoms with E-state index in [9.17, 15) is 5.11 Å². The Morgan fingerprint density at radius 3 is 2.55 bits per heavy atom. The predicted molar refractivity (Wildman–Crippen MR) is 47.4 cm³/mol. The summed E-state index contributed by atoms with van der Waals surface area (Å²) >= 11 is 0. The Bertz CT molecular complexity index is 147. The van der Waals surface area contributed by atoms with Crippen LogP contribution in [0.1, 0.15) is 39.5 Å². The van der Waals surface area contributed by atoms with Gasteiger partial charge in [-0.05, 0) is 37.2 Å². The smallest absolute Gasteiger partial charge is 0.0772 e. The molecule has 0 unspecified atom stereocenters. The van der Waals surface area contributed by atoms with Crippen LogP contribution in [0.3, 0.4) is 0 Å². The van der Waals surface area contributed by atoms with Gasteiger partial charge in [0.25, 0.3) is 0 Å². The minimum Gasteiger partial charge on any atom is -0.388 e. The van der Waals surface area contributed by atoms with Gasteiger partial charge in [0.15, 0.2) is 0 Å². The standard InChI is InChI=1S/C10H18O/c1-8(2)10(11)9-6-4-3-5-7-9/h6,8,10-11H,3-5,7H2,1-2H3/t10-/m1/s1. The molecule has 0 fully saturated rings. The van der Waals surface area contributed by atoms with E-state index < -0.39 is 0 Å². The van der Waals surface area contributed by atoms with Crippen molar-refractivity contribution >= 4 is 0 Å². The number of hydrogen-bond donors (Lipinski definition) is 1. The van der Waals surface area contributed by atoms with Crippen LogP contribution in [0.5, 0.6) is 0 Å². The minimum absolute atomic E-state index is 0.185. The Morgan fingerprint density at radius 1 is 1.36 bits per heavy atom. The highest BCUT2D eigenvalue weighted by Crippen LogP contribution is 2.23. The third kappa shape index (κ3) is 2.33. The SMILES string of the molecule is CC(C)[C@@H](O)C1=CCCCC1. The summed E-state index contributed by atoms with van der Waals surface area (Å²) in [6, 6.07) is 0. The minimum atomic E-state index is -0.185. The van der Waals surface area contributed by atoms with Crippen molar-refractivity contribution in [1.29, 1.82) is 0 Å². The molecule has 1 heteroatoms. The zero-order chi connectivity index (χ0) is 8.27. The van der Waals surface area contributed by atoms with E-state index in [4.69, 9.17) is 0 Å². The summed E-state index contributed by atoms with van der Waals surface area (Å²) in [6.45, 7) is 4.14. The van der Waals surface area contributed by atoms with Crippen LogP contribution in [0.2, 0.25) is 0 Å². The molecule has 0 aliphatic heterocycles. The molecule has 1 rings (SSSR count). The topological polar surface area (TPSA) is 20.2 Å². The van der Waals surface area contributed by atoms with Crippen LogP contribution in [0, 0.1) is 5.92 Å². The van der Waals surface area contributed by atoms with Gasteiger partial charge in [-0.3, -0.25) is 0 Å². The quantitative estimate of drug-likeness (QED) is 0.606. The summed E-state index contributed by atoms with van der Waals surface area (Å²) in [4.78, 5) is 0. The van der Waals surface area contributed by atoms with E-state index in [0.29, 0.717) is 5.92 Å². The second-order valence-corrected chi connectivity index (χ2v) is 3.71. The number of aliphatic hydroxyl groups excluding tert-OH is 1. The fraction of sp³-hybridized carbons (Fsp3) is 0.800. The third-order valence-corrected chi connectivity index (χ3v) is 2.34. The molecule has 64 valence electrons. The fourth-order valence-corrected chi connectivity index (χ4v) is 1.56. The summed E-state index contributed by atoms with van der Waals surface area (Å²) < 4.78 is 0. The molecule has 1 nitrogen and oxygen atoms in total. The van der Waals surface area contributed by atoms with Crippen molar-refractivity contribution in [2.75, 3.05) is 0 Å². The van der Waals surface area contributed by atoms with Gasteiger partial charge in [0.1, 0.15) is 0 Å². The van der Waals surface area contributed by atoms with E-state index in [-0.39, 0.29) is 6.10 Å². The third-order valence-electron chi connectivity index (χ3n) is 2.34. The molecular formula is C10H18O. The zero-order valence-corrected chi connectivity index (χ0v) is 7.51. The van der Waals surface area contributed by atoms with Gasteiger partial charge in [-0.2, -0.15) is 0 Å². The van der Waals surface area contributed by atoms with Gasteiger partial charge in [-0.15, -0.1) is 0 Å². The second kappa shape index (κ2) is 3.91. The van der Waals surface area contributed by atoms with Gasteiger partial charge in [-0.25, -0.2) is 0 Å². The number of aliphatic hydroxyl groups is 1. The van der Waals surface area contributed by atoms with Crippen LogP contribution in [-0.2, 0) is 0 Å². The molecule has 0 saturated heterocycles. The first-order chi connectivity index (χ1) is 5.22. The first-order valence-electron chi connectivity index (χ1n) is 4.59. The highest BCUT2D eigenvalue weighted by molar-refractivity contribution is 5.10. The van der Waals surface area contributed by atoms with Crippen LogP contribution in [0.4, 0.5) is 0 Å². The number of hydrogen-bond acceptors (Lipinski definition) is 1. The van der Waals surface area contributed by atoms with Gasteiger partial charge in [0.05, 0.1) is 6.10 Å². The normalized spacial score (nSPS) is 21.6. The molecule has 1 aliphatic rings. The molecule has 0 radical (unpaired) electrons. The van der Waals surface area contributed by atoms with Crippen LogP contribution >= 0.6 is 0 Å². The molecule has 0 spiro atoms. The van der Waals surface area contributed by atoms with E-state index in [1.807, 2.05) is 0 Å². The largest absolute Gasteiger partial charge is 0.388 e. The lowest BCUT2D eigenvalue weighted by Gasteiger charge is -2.21. The van der Waals surface area contributed by atoms with E-state index in [1.54, 1.807) is 0 Å². The average molecular weight is 154 g/mol. The Kier molecular flexibility index (Phi) is 3.13. The van der Waals surface area contributed by atoms with Crippen molar-refractivity contribution in [2.45, 2.75) is 45.6 Å². The number of rotatable bonds is 2. The lowest BCUT2D eigenvalue weighted by Crippen LogP contribution is -2.18. The maximum absolute atomic E-state index is 9.68. The summed E-state index contributed by atoms with van der Waals surface area (Å²) in [6.07, 6.45) is 6.87. The Balaban J connectivity index is 2.51. The molecule has 1 aliphatic carbocycles. The van der Waals surface area contributed by atoms with Gasteiger partial charge >= 0.3 is 0 Å². The molecule has 0 bridgehead atoms. The Hall–Kier alpha value is -0.300. The van der Waals surface area contributed by atoms with Gasteiger partial charge in [0, 0.05) is 0 Å². The van der Waals surface area contributed by atoms with E-state index in [2.05, 4.69) is 19.9 Å². The van der Waals surface area contributed by atoms with E-state index >= 15 is 0 Å². The number of allylic oxidation sites excluding steroid dienone is 1. The van der Waals surface area contributed by atoms with Crippen LogP contribution in [0.15, 0.2) is 11.6 Å². The Morgan fingerprint density at radius 2 is 2.09 bits per heavy atom. The maximum atomic E-state index is 9.68. The first kappa shape index (κ1) is 8.79. The molecule has 11 heavy (non-hydrogen) atoms. The zero-order valence-electron chi connectivity index (χ0n) is 7.51. The first-order valence-corrected chi connectivity index (χ1v) is 4.59. The molecular weight excluding hydrogens is 136 g/mol. The molecule has 0 aromatic heterocycles. The van der Waals surface area contributed by atoms with Crippen molar-refractivity contribution in [3.05, 3.63) is 11.6 Å². The Labute approximate surface area is 69.1 Å². The van der Waals surface area contributed by atoms with Crippen molar-refractivity contribution < 1.29 is 5.11 Å². The lowest BCUT2D eigenvalue weighted by molar-refractivity contribution is 0.154. The van der Waals surface area contributed by atoms with E-state index in [0.717, 1.165) is 6.42 Å². The molecule has 0 aromatic carbocycles. The molecule has 0 aromatic rings. The highest BCUT2D eigenvalue weighted by atomic mass is 16.3. The molecule has 0 heterocycles. The summed E-state index contributed by atoms with van der Waals surface area (Å²) in [5.74, 6) is 0.374. The highest BCUT2D eigenvalue weighted by Gasteiger charge is 2.15. The molecule has 0 amide bonds. The van der Waals surface area contributed by atoms with Gasteiger partial charge in [0.2, 0.25) is 0 Å². The molecule has 1 N–H and O–H groups in total. The van der Waals surface area contributed by atoms with Crippen molar-refractivity contribution in [2.24, 2.45) is 5.92 Å². The van der Waals surface area contributed by atoms with Gasteiger partial charge in [-0.1, -0.05) is 19.9 Å². The summed E-state index contributed by atoms with van der Waals surface area (Å²) in [5, 5.41) is 9.68. The van der Waals surface area contributed by atoms with Crippen molar-refractivity contribution in [3.8, 4) is 0 Å². The van der Waals surface area contributed by atoms with Crippen LogP contribution in [0.25, 0.3) is 0 Å². The fourth-order valence-electron chi connectivity index (χ4n) is 1.56. The van der Waals surface area contributed by atoms with Gasteiger partial charge < -0.3 is 5.11 Å². The average Bonchev–Trinajstić information content (AvgIpc) is 2.05. The maximum Gasteiger partial charge on any atom is 0.0772 e. The second-order valence-electron chi connectivity index (χ2n) is 3.71. The van der Waals surface area contributed by atoms with E-state index in [1.165, 1.54) is 24.8 Å². The predicted octanol–water partition coefficient (Wildman–Crippen LogP) is 2.50. The summed E-state index contributed by atoms with van der Waals surface area (Å²) in [7, 11) is 0. The van der Waals surface area contributed by atoms with Crippen LogP contribution in [-0.4, -0.2) is 11.2 Å². The van der Waals surface area contributed by atoms with Crippen molar-refractivity contribution in [3.63, 3.8) is 0 Å².